The number of halogens is 1. The minimum Gasteiger partial charge on any atom is -0.483 e. The molecule has 3 nitrogen and oxygen atoms in total. The largest absolute Gasteiger partial charge is 0.483 e. The molecule has 0 aliphatic carbocycles. The Morgan fingerprint density at radius 3 is 2.54 bits per heavy atom. The first-order valence-electron chi connectivity index (χ1n) is 7.79. The lowest BCUT2D eigenvalue weighted by Crippen LogP contribution is -2.31. The van der Waals surface area contributed by atoms with E-state index in [0.29, 0.717) is 5.75 Å². The van der Waals surface area contributed by atoms with Gasteiger partial charge in [-0.25, -0.2) is 4.39 Å². The van der Waals surface area contributed by atoms with Gasteiger partial charge in [0.15, 0.2) is 6.61 Å². The topological polar surface area (TPSA) is 38.3 Å². The summed E-state index contributed by atoms with van der Waals surface area (Å²) < 4.78 is 18.6. The summed E-state index contributed by atoms with van der Waals surface area (Å²) >= 11 is 0. The fraction of sp³-hybridized carbons (Fsp3) is 0.150. The van der Waals surface area contributed by atoms with E-state index in [9.17, 15) is 9.18 Å². The van der Waals surface area contributed by atoms with Crippen molar-refractivity contribution in [3.63, 3.8) is 0 Å². The Hall–Kier alpha value is -2.88. The van der Waals surface area contributed by atoms with Crippen molar-refractivity contribution in [2.24, 2.45) is 0 Å². The van der Waals surface area contributed by atoms with Crippen molar-refractivity contribution in [3.8, 4) is 5.75 Å². The predicted octanol–water partition coefficient (Wildman–Crippen LogP) is 4.24. The van der Waals surface area contributed by atoms with Gasteiger partial charge >= 0.3 is 0 Å². The number of nitrogens with one attached hydrogen (secondary N) is 1. The molecule has 0 saturated carbocycles. The Kier molecular flexibility index (Phi) is 4.75. The fourth-order valence-corrected chi connectivity index (χ4v) is 2.58. The number of amides is 1. The van der Waals surface area contributed by atoms with Gasteiger partial charge in [-0.15, -0.1) is 0 Å². The third kappa shape index (κ3) is 3.71. The van der Waals surface area contributed by atoms with Gasteiger partial charge in [-0.05, 0) is 36.1 Å². The second-order valence-corrected chi connectivity index (χ2v) is 5.61. The molecule has 0 heterocycles. The van der Waals surface area contributed by atoms with Crippen molar-refractivity contribution in [2.75, 3.05) is 6.61 Å². The lowest BCUT2D eigenvalue weighted by atomic mass is 10.1. The maximum atomic E-state index is 12.9. The van der Waals surface area contributed by atoms with E-state index in [1.54, 1.807) is 12.1 Å². The van der Waals surface area contributed by atoms with E-state index in [2.05, 4.69) is 5.32 Å². The molecule has 3 rings (SSSR count). The molecule has 24 heavy (non-hydrogen) atoms. The van der Waals surface area contributed by atoms with Crippen LogP contribution in [0.25, 0.3) is 10.8 Å². The van der Waals surface area contributed by atoms with Crippen LogP contribution in [0.2, 0.25) is 0 Å². The molecule has 4 heteroatoms. The summed E-state index contributed by atoms with van der Waals surface area (Å²) in [5, 5.41) is 4.88. The zero-order valence-electron chi connectivity index (χ0n) is 13.3. The van der Waals surface area contributed by atoms with Gasteiger partial charge in [-0.2, -0.15) is 0 Å². The molecule has 122 valence electrons. The SMILES string of the molecule is CC(NC(=O)COc1cccc2ccccc12)c1ccc(F)cc1. The smallest absolute Gasteiger partial charge is 0.258 e. The van der Waals surface area contributed by atoms with E-state index in [-0.39, 0.29) is 24.4 Å². The van der Waals surface area contributed by atoms with Gasteiger partial charge in [0.1, 0.15) is 11.6 Å². The molecule has 3 aromatic carbocycles. The minimum atomic E-state index is -0.295. The highest BCUT2D eigenvalue weighted by Crippen LogP contribution is 2.25. The van der Waals surface area contributed by atoms with Crippen LogP contribution in [0, 0.1) is 5.82 Å². The van der Waals surface area contributed by atoms with Crippen LogP contribution in [0.15, 0.2) is 66.7 Å². The molecule has 0 bridgehead atoms. The standard InChI is InChI=1S/C20H18FNO2/c1-14(15-9-11-17(21)12-10-15)22-20(23)13-24-19-8-4-6-16-5-2-3-7-18(16)19/h2-12,14H,13H2,1H3,(H,22,23). The Bertz CT molecular complexity index is 840. The van der Waals surface area contributed by atoms with E-state index in [4.69, 9.17) is 4.74 Å². The van der Waals surface area contributed by atoms with Gasteiger partial charge in [-0.3, -0.25) is 4.79 Å². The van der Waals surface area contributed by atoms with Crippen molar-refractivity contribution < 1.29 is 13.9 Å². The monoisotopic (exact) mass is 323 g/mol. The van der Waals surface area contributed by atoms with Gasteiger partial charge in [0, 0.05) is 5.39 Å². The maximum absolute atomic E-state index is 12.9. The fourth-order valence-electron chi connectivity index (χ4n) is 2.58. The second kappa shape index (κ2) is 7.13. The van der Waals surface area contributed by atoms with Crippen LogP contribution >= 0.6 is 0 Å². The van der Waals surface area contributed by atoms with E-state index in [0.717, 1.165) is 16.3 Å². The van der Waals surface area contributed by atoms with Crippen LogP contribution in [0.5, 0.6) is 5.75 Å². The predicted molar refractivity (Wildman–Crippen MR) is 92.4 cm³/mol. The molecule has 0 saturated heterocycles. The highest BCUT2D eigenvalue weighted by Gasteiger charge is 2.11. The number of hydrogen-bond donors (Lipinski definition) is 1. The highest BCUT2D eigenvalue weighted by molar-refractivity contribution is 5.88. The zero-order chi connectivity index (χ0) is 16.9. The molecule has 0 aliphatic rings. The van der Waals surface area contributed by atoms with E-state index in [1.807, 2.05) is 49.4 Å². The number of carbonyl (C=O) groups excluding carboxylic acids is 1. The zero-order valence-corrected chi connectivity index (χ0v) is 13.3. The third-order valence-electron chi connectivity index (χ3n) is 3.86. The first-order chi connectivity index (χ1) is 11.6. The van der Waals surface area contributed by atoms with Crippen molar-refractivity contribution in [1.29, 1.82) is 0 Å². The molecule has 0 aromatic heterocycles. The number of ether oxygens (including phenoxy) is 1. The van der Waals surface area contributed by atoms with Gasteiger partial charge in [0.25, 0.3) is 5.91 Å². The van der Waals surface area contributed by atoms with Crippen molar-refractivity contribution in [1.82, 2.24) is 5.32 Å². The Labute approximate surface area is 140 Å². The van der Waals surface area contributed by atoms with E-state index in [1.165, 1.54) is 12.1 Å². The third-order valence-corrected chi connectivity index (χ3v) is 3.86. The van der Waals surface area contributed by atoms with E-state index < -0.39 is 0 Å². The van der Waals surface area contributed by atoms with Crippen LogP contribution in [0.3, 0.4) is 0 Å². The first-order valence-corrected chi connectivity index (χ1v) is 7.79. The number of carbonyl (C=O) groups is 1. The van der Waals surface area contributed by atoms with Crippen LogP contribution in [0.4, 0.5) is 4.39 Å². The molecule has 0 spiro atoms. The summed E-state index contributed by atoms with van der Waals surface area (Å²) in [5.74, 6) is 0.161. The van der Waals surface area contributed by atoms with Crippen LogP contribution < -0.4 is 10.1 Å². The summed E-state index contributed by atoms with van der Waals surface area (Å²) in [6.07, 6.45) is 0. The summed E-state index contributed by atoms with van der Waals surface area (Å²) in [6.45, 7) is 1.78. The molecule has 1 N–H and O–H groups in total. The lowest BCUT2D eigenvalue weighted by Gasteiger charge is -2.15. The maximum Gasteiger partial charge on any atom is 0.258 e. The van der Waals surface area contributed by atoms with Gasteiger partial charge in [0.2, 0.25) is 0 Å². The van der Waals surface area contributed by atoms with E-state index >= 15 is 0 Å². The normalized spacial score (nSPS) is 11.9. The number of fused-ring (bicyclic) bond motifs is 1. The Balaban J connectivity index is 1.62. The molecule has 1 amide bonds. The molecular formula is C20H18FNO2. The highest BCUT2D eigenvalue weighted by atomic mass is 19.1. The number of hydrogen-bond acceptors (Lipinski definition) is 2. The lowest BCUT2D eigenvalue weighted by molar-refractivity contribution is -0.123. The van der Waals surface area contributed by atoms with Crippen molar-refractivity contribution in [2.45, 2.75) is 13.0 Å². The average molecular weight is 323 g/mol. The van der Waals surface area contributed by atoms with Gasteiger partial charge in [0.05, 0.1) is 6.04 Å². The molecule has 1 atom stereocenters. The quantitative estimate of drug-likeness (QED) is 0.763. The number of rotatable bonds is 5. The van der Waals surface area contributed by atoms with Crippen molar-refractivity contribution in [3.05, 3.63) is 78.1 Å². The number of benzene rings is 3. The Morgan fingerprint density at radius 2 is 1.75 bits per heavy atom. The summed E-state index contributed by atoms with van der Waals surface area (Å²) in [6, 6.07) is 19.5. The Morgan fingerprint density at radius 1 is 1.04 bits per heavy atom. The molecule has 0 radical (unpaired) electrons. The average Bonchev–Trinajstić information content (AvgIpc) is 2.60. The molecular weight excluding hydrogens is 305 g/mol. The second-order valence-electron chi connectivity index (χ2n) is 5.61. The summed E-state index contributed by atoms with van der Waals surface area (Å²) in [7, 11) is 0. The summed E-state index contributed by atoms with van der Waals surface area (Å²) in [5.41, 5.74) is 0.843. The van der Waals surface area contributed by atoms with Crippen molar-refractivity contribution >= 4 is 16.7 Å². The first kappa shape index (κ1) is 16.0. The molecule has 1 unspecified atom stereocenters. The summed E-state index contributed by atoms with van der Waals surface area (Å²) in [4.78, 5) is 12.1. The minimum absolute atomic E-state index is 0.0699. The van der Waals surface area contributed by atoms with Crippen LogP contribution in [-0.2, 0) is 4.79 Å². The van der Waals surface area contributed by atoms with Crippen LogP contribution in [-0.4, -0.2) is 12.5 Å². The molecule has 3 aromatic rings. The molecule has 0 fully saturated rings. The van der Waals surface area contributed by atoms with Crippen LogP contribution in [0.1, 0.15) is 18.5 Å². The van der Waals surface area contributed by atoms with Gasteiger partial charge < -0.3 is 10.1 Å². The van der Waals surface area contributed by atoms with Gasteiger partial charge in [-0.1, -0.05) is 48.5 Å². The molecule has 0 aliphatic heterocycles.